The van der Waals surface area contributed by atoms with Crippen molar-refractivity contribution in [1.29, 1.82) is 0 Å². The Morgan fingerprint density at radius 1 is 0.643 bits per heavy atom. The summed E-state index contributed by atoms with van der Waals surface area (Å²) >= 11 is 0. The molecule has 3 rings (SSSR count). The third kappa shape index (κ3) is 2.19. The van der Waals surface area contributed by atoms with Gasteiger partial charge in [-0.3, -0.25) is 0 Å². The second-order valence-electron chi connectivity index (χ2n) is 4.91. The number of nitrogens with two attached hydrogens (primary N) is 2. The molecule has 0 radical (unpaired) electrons. The third-order valence-electron chi connectivity index (χ3n) is 4.42. The molecule has 0 aromatic rings. The Kier molecular flexibility index (Phi) is 5.20. The number of hydrogen-bond acceptors (Lipinski definition) is 2. The van der Waals surface area contributed by atoms with E-state index in [4.69, 9.17) is 11.5 Å². The molecule has 0 unspecified atom stereocenters. The van der Waals surface area contributed by atoms with Gasteiger partial charge in [0.05, 0.1) is 0 Å². The summed E-state index contributed by atoms with van der Waals surface area (Å²) in [5, 5.41) is 0. The molecule has 0 aromatic heterocycles. The summed E-state index contributed by atoms with van der Waals surface area (Å²) in [6.45, 7) is 1.79. The molecule has 2 nitrogen and oxygen atoms in total. The van der Waals surface area contributed by atoms with Crippen LogP contribution in [0.1, 0.15) is 38.5 Å². The molecule has 0 saturated heterocycles. The molecule has 0 atom stereocenters. The van der Waals surface area contributed by atoms with E-state index >= 15 is 0 Å². The topological polar surface area (TPSA) is 52.0 Å². The predicted molar refractivity (Wildman–Crippen MR) is 65.2 cm³/mol. The van der Waals surface area contributed by atoms with Gasteiger partial charge in [-0.25, -0.2) is 0 Å². The van der Waals surface area contributed by atoms with Crippen LogP contribution in [0.3, 0.4) is 0 Å². The summed E-state index contributed by atoms with van der Waals surface area (Å²) in [6, 6.07) is 0. The van der Waals surface area contributed by atoms with Crippen molar-refractivity contribution in [2.24, 2.45) is 22.3 Å². The van der Waals surface area contributed by atoms with Crippen LogP contribution in [0, 0.1) is 10.8 Å². The maximum Gasteiger partial charge on any atom is -0.00205 e. The SMILES string of the molecule is Cl.Cl.NCC12CCC(CN)(CC1)CC2. The highest BCUT2D eigenvalue weighted by molar-refractivity contribution is 5.85. The van der Waals surface area contributed by atoms with Gasteiger partial charge in [0.1, 0.15) is 0 Å². The van der Waals surface area contributed by atoms with Crippen molar-refractivity contribution in [2.45, 2.75) is 38.5 Å². The Morgan fingerprint density at radius 2 is 0.857 bits per heavy atom. The van der Waals surface area contributed by atoms with E-state index in [9.17, 15) is 0 Å². The minimum atomic E-state index is 0. The van der Waals surface area contributed by atoms with Crippen LogP contribution in [0.4, 0.5) is 0 Å². The van der Waals surface area contributed by atoms with E-state index in [0.717, 1.165) is 13.1 Å². The second-order valence-corrected chi connectivity index (χ2v) is 4.91. The number of rotatable bonds is 2. The van der Waals surface area contributed by atoms with E-state index in [2.05, 4.69) is 0 Å². The van der Waals surface area contributed by atoms with E-state index in [1.54, 1.807) is 0 Å². The third-order valence-corrected chi connectivity index (χ3v) is 4.42. The zero-order valence-corrected chi connectivity index (χ0v) is 10.3. The summed E-state index contributed by atoms with van der Waals surface area (Å²) in [5.41, 5.74) is 12.7. The highest BCUT2D eigenvalue weighted by atomic mass is 35.5. The lowest BCUT2D eigenvalue weighted by molar-refractivity contribution is 0.00316. The Labute approximate surface area is 99.0 Å². The lowest BCUT2D eigenvalue weighted by Gasteiger charge is -2.53. The first-order chi connectivity index (χ1) is 5.74. The Bertz CT molecular complexity index is 140. The van der Waals surface area contributed by atoms with Crippen molar-refractivity contribution in [3.05, 3.63) is 0 Å². The fourth-order valence-corrected chi connectivity index (χ4v) is 2.95. The fourth-order valence-electron chi connectivity index (χ4n) is 2.95. The summed E-state index contributed by atoms with van der Waals surface area (Å²) in [4.78, 5) is 0. The van der Waals surface area contributed by atoms with Crippen molar-refractivity contribution >= 4 is 24.8 Å². The van der Waals surface area contributed by atoms with Gasteiger partial charge in [0.25, 0.3) is 0 Å². The monoisotopic (exact) mass is 240 g/mol. The van der Waals surface area contributed by atoms with Crippen LogP contribution in [0.2, 0.25) is 0 Å². The zero-order valence-electron chi connectivity index (χ0n) is 8.63. The van der Waals surface area contributed by atoms with Crippen molar-refractivity contribution in [1.82, 2.24) is 0 Å². The van der Waals surface area contributed by atoms with Gasteiger partial charge in [-0.2, -0.15) is 0 Å². The molecular weight excluding hydrogens is 219 g/mol. The average molecular weight is 241 g/mol. The van der Waals surface area contributed by atoms with Crippen molar-refractivity contribution in [3.63, 3.8) is 0 Å². The fraction of sp³-hybridized carbons (Fsp3) is 1.00. The maximum absolute atomic E-state index is 5.83. The molecule has 0 spiro atoms. The van der Waals surface area contributed by atoms with Gasteiger partial charge in [-0.1, -0.05) is 0 Å². The molecule has 0 aliphatic heterocycles. The molecule has 0 heterocycles. The molecular formula is C10H22Cl2N2. The Hall–Kier alpha value is 0.500. The Morgan fingerprint density at radius 3 is 1.00 bits per heavy atom. The number of hydrogen-bond donors (Lipinski definition) is 2. The number of fused-ring (bicyclic) bond motifs is 3. The molecule has 3 aliphatic rings. The van der Waals surface area contributed by atoms with Crippen LogP contribution in [0.25, 0.3) is 0 Å². The van der Waals surface area contributed by atoms with Gasteiger partial charge in [-0.05, 0) is 62.4 Å². The van der Waals surface area contributed by atoms with Gasteiger partial charge in [-0.15, -0.1) is 24.8 Å². The summed E-state index contributed by atoms with van der Waals surface area (Å²) in [5.74, 6) is 0. The zero-order chi connectivity index (χ0) is 8.66. The van der Waals surface area contributed by atoms with Crippen molar-refractivity contribution in [3.8, 4) is 0 Å². The predicted octanol–water partition coefficient (Wildman–Crippen LogP) is 2.09. The maximum atomic E-state index is 5.83. The highest BCUT2D eigenvalue weighted by Crippen LogP contribution is 2.55. The molecule has 3 saturated carbocycles. The van der Waals surface area contributed by atoms with E-state index < -0.39 is 0 Å². The first kappa shape index (κ1) is 14.5. The van der Waals surface area contributed by atoms with Gasteiger partial charge >= 0.3 is 0 Å². The van der Waals surface area contributed by atoms with Crippen molar-refractivity contribution in [2.75, 3.05) is 13.1 Å². The molecule has 2 bridgehead atoms. The van der Waals surface area contributed by atoms with Crippen LogP contribution in [0.5, 0.6) is 0 Å². The van der Waals surface area contributed by atoms with E-state index in [1.165, 1.54) is 38.5 Å². The van der Waals surface area contributed by atoms with Gasteiger partial charge < -0.3 is 11.5 Å². The van der Waals surface area contributed by atoms with Crippen molar-refractivity contribution < 1.29 is 0 Å². The average Bonchev–Trinajstić information content (AvgIpc) is 2.21. The second kappa shape index (κ2) is 5.02. The minimum Gasteiger partial charge on any atom is -0.330 e. The molecule has 0 amide bonds. The van der Waals surface area contributed by atoms with Crippen LogP contribution in [0.15, 0.2) is 0 Å². The highest BCUT2D eigenvalue weighted by Gasteiger charge is 2.46. The molecule has 4 N–H and O–H groups in total. The van der Waals surface area contributed by atoms with Crippen LogP contribution in [-0.2, 0) is 0 Å². The smallest absolute Gasteiger partial charge is 0.00205 e. The largest absolute Gasteiger partial charge is 0.330 e. The molecule has 3 aliphatic carbocycles. The summed E-state index contributed by atoms with van der Waals surface area (Å²) in [6.07, 6.45) is 8.00. The van der Waals surface area contributed by atoms with Crippen LogP contribution in [-0.4, -0.2) is 13.1 Å². The quantitative estimate of drug-likeness (QED) is 0.777. The van der Waals surface area contributed by atoms with Crippen LogP contribution >= 0.6 is 24.8 Å². The molecule has 14 heavy (non-hydrogen) atoms. The first-order valence-corrected chi connectivity index (χ1v) is 5.14. The number of halogens is 2. The first-order valence-electron chi connectivity index (χ1n) is 5.14. The van der Waals surface area contributed by atoms with Gasteiger partial charge in [0, 0.05) is 0 Å². The summed E-state index contributed by atoms with van der Waals surface area (Å²) in [7, 11) is 0. The lowest BCUT2D eigenvalue weighted by Crippen LogP contribution is -2.48. The Balaban J connectivity index is 0.000000845. The molecule has 0 aromatic carbocycles. The molecule has 4 heteroatoms. The van der Waals surface area contributed by atoms with Crippen LogP contribution < -0.4 is 11.5 Å². The van der Waals surface area contributed by atoms with E-state index in [1.807, 2.05) is 0 Å². The standard InChI is InChI=1S/C10H20N2.2ClH/c11-7-9-1-2-10(8-12,5-3-9)6-4-9;;/h1-8,11-12H2;2*1H. The van der Waals surface area contributed by atoms with Gasteiger partial charge in [0.2, 0.25) is 0 Å². The normalized spacial score (nSPS) is 39.9. The molecule has 86 valence electrons. The molecule has 3 fully saturated rings. The van der Waals surface area contributed by atoms with Gasteiger partial charge in [0.15, 0.2) is 0 Å². The summed E-state index contributed by atoms with van der Waals surface area (Å²) < 4.78 is 0. The van der Waals surface area contributed by atoms with E-state index in [-0.39, 0.29) is 24.8 Å². The minimum absolute atomic E-state index is 0. The lowest BCUT2D eigenvalue weighted by atomic mass is 9.54. The van der Waals surface area contributed by atoms with E-state index in [0.29, 0.717) is 10.8 Å².